The van der Waals surface area contributed by atoms with Crippen LogP contribution >= 0.6 is 0 Å². The Hall–Kier alpha value is -1.80. The minimum Gasteiger partial charge on any atom is -0.484 e. The van der Waals surface area contributed by atoms with Crippen molar-refractivity contribution in [3.8, 4) is 5.75 Å². The lowest BCUT2D eigenvalue weighted by molar-refractivity contribution is 0.179. The average Bonchev–Trinajstić information content (AvgIpc) is 2.39. The molecule has 0 aromatic heterocycles. The molecule has 20 heavy (non-hydrogen) atoms. The molecule has 0 heterocycles. The van der Waals surface area contributed by atoms with Crippen molar-refractivity contribution in [3.05, 3.63) is 64.7 Å². The van der Waals surface area contributed by atoms with Crippen molar-refractivity contribution in [1.82, 2.24) is 0 Å². The van der Waals surface area contributed by atoms with Gasteiger partial charge in [-0.05, 0) is 44.9 Å². The average molecular weight is 269 g/mol. The van der Waals surface area contributed by atoms with Gasteiger partial charge in [0.1, 0.15) is 11.9 Å². The summed E-state index contributed by atoms with van der Waals surface area (Å²) in [4.78, 5) is 0. The molecule has 0 spiro atoms. The smallest absolute Gasteiger partial charge is 0.138 e. The predicted molar refractivity (Wildman–Crippen MR) is 84.1 cm³/mol. The predicted octanol–water partition coefficient (Wildman–Crippen LogP) is 4.08. The molecule has 2 atom stereocenters. The number of ether oxygens (including phenoxy) is 1. The first-order valence-corrected chi connectivity index (χ1v) is 7.03. The van der Waals surface area contributed by atoms with E-state index in [-0.39, 0.29) is 12.1 Å². The number of benzene rings is 2. The summed E-state index contributed by atoms with van der Waals surface area (Å²) in [5.41, 5.74) is 10.8. The Morgan fingerprint density at radius 1 is 0.900 bits per heavy atom. The highest BCUT2D eigenvalue weighted by molar-refractivity contribution is 5.36. The third-order valence-electron chi connectivity index (χ3n) is 3.47. The molecule has 2 unspecified atom stereocenters. The Morgan fingerprint density at radius 2 is 1.50 bits per heavy atom. The van der Waals surface area contributed by atoms with E-state index in [4.69, 9.17) is 10.5 Å². The van der Waals surface area contributed by atoms with Crippen LogP contribution in [0.15, 0.2) is 42.5 Å². The molecule has 106 valence electrons. The van der Waals surface area contributed by atoms with Crippen molar-refractivity contribution in [1.29, 1.82) is 0 Å². The Balaban J connectivity index is 2.28. The van der Waals surface area contributed by atoms with Gasteiger partial charge in [0.25, 0.3) is 0 Å². The van der Waals surface area contributed by atoms with E-state index in [1.807, 2.05) is 13.0 Å². The van der Waals surface area contributed by atoms with E-state index in [2.05, 4.69) is 57.2 Å². The zero-order chi connectivity index (χ0) is 14.7. The van der Waals surface area contributed by atoms with Crippen LogP contribution in [0, 0.1) is 20.8 Å². The first-order chi connectivity index (χ1) is 9.47. The molecule has 0 aliphatic rings. The summed E-state index contributed by atoms with van der Waals surface area (Å²) < 4.78 is 6.16. The second-order valence-electron chi connectivity index (χ2n) is 5.58. The van der Waals surface area contributed by atoms with Crippen LogP contribution < -0.4 is 10.5 Å². The van der Waals surface area contributed by atoms with Gasteiger partial charge in [-0.3, -0.25) is 0 Å². The standard InChI is InChI=1S/C18H23NO/c1-12-5-8-16(9-6-12)18(15(4)19)20-17-10-7-13(2)11-14(17)3/h5-11,15,18H,19H2,1-4H3. The van der Waals surface area contributed by atoms with Crippen molar-refractivity contribution in [2.45, 2.75) is 39.8 Å². The maximum absolute atomic E-state index is 6.16. The molecular formula is C18H23NO. The van der Waals surface area contributed by atoms with Gasteiger partial charge >= 0.3 is 0 Å². The van der Waals surface area contributed by atoms with E-state index in [1.54, 1.807) is 0 Å². The summed E-state index contributed by atoms with van der Waals surface area (Å²) in [7, 11) is 0. The van der Waals surface area contributed by atoms with Crippen molar-refractivity contribution < 1.29 is 4.74 Å². The molecular weight excluding hydrogens is 246 g/mol. The minimum atomic E-state index is -0.128. The molecule has 2 N–H and O–H groups in total. The van der Waals surface area contributed by atoms with Crippen LogP contribution in [0.1, 0.15) is 35.3 Å². The second kappa shape index (κ2) is 6.10. The highest BCUT2D eigenvalue weighted by Crippen LogP contribution is 2.27. The SMILES string of the molecule is Cc1ccc(C(Oc2ccc(C)cc2C)C(C)N)cc1. The van der Waals surface area contributed by atoms with Crippen LogP contribution in [0.2, 0.25) is 0 Å². The molecule has 2 aromatic carbocycles. The lowest BCUT2D eigenvalue weighted by Crippen LogP contribution is -2.29. The van der Waals surface area contributed by atoms with Gasteiger partial charge < -0.3 is 10.5 Å². The lowest BCUT2D eigenvalue weighted by atomic mass is 10.0. The summed E-state index contributed by atoms with van der Waals surface area (Å²) in [5.74, 6) is 0.901. The molecule has 2 heteroatoms. The molecule has 2 rings (SSSR count). The van der Waals surface area contributed by atoms with E-state index in [1.165, 1.54) is 11.1 Å². The van der Waals surface area contributed by atoms with Crippen molar-refractivity contribution in [2.75, 3.05) is 0 Å². The topological polar surface area (TPSA) is 35.2 Å². The number of hydrogen-bond acceptors (Lipinski definition) is 2. The molecule has 0 saturated heterocycles. The van der Waals surface area contributed by atoms with E-state index in [0.717, 1.165) is 16.9 Å². The number of hydrogen-bond donors (Lipinski definition) is 1. The molecule has 0 aliphatic heterocycles. The largest absolute Gasteiger partial charge is 0.484 e. The zero-order valence-electron chi connectivity index (χ0n) is 12.7. The van der Waals surface area contributed by atoms with Crippen LogP contribution in [0.5, 0.6) is 5.75 Å². The Labute approximate surface area is 121 Å². The lowest BCUT2D eigenvalue weighted by Gasteiger charge is -2.24. The summed E-state index contributed by atoms with van der Waals surface area (Å²) in [5, 5.41) is 0. The van der Waals surface area contributed by atoms with Gasteiger partial charge in [0, 0.05) is 6.04 Å². The molecule has 0 saturated carbocycles. The minimum absolute atomic E-state index is 0.0709. The van der Waals surface area contributed by atoms with Crippen molar-refractivity contribution in [2.24, 2.45) is 5.73 Å². The van der Waals surface area contributed by atoms with Gasteiger partial charge in [-0.25, -0.2) is 0 Å². The molecule has 0 bridgehead atoms. The molecule has 2 nitrogen and oxygen atoms in total. The van der Waals surface area contributed by atoms with Gasteiger partial charge in [0.2, 0.25) is 0 Å². The first kappa shape index (κ1) is 14.6. The highest BCUT2D eigenvalue weighted by Gasteiger charge is 2.18. The fraction of sp³-hybridized carbons (Fsp3) is 0.333. The van der Waals surface area contributed by atoms with Crippen molar-refractivity contribution >= 4 is 0 Å². The first-order valence-electron chi connectivity index (χ1n) is 7.03. The van der Waals surface area contributed by atoms with Crippen LogP contribution in [0.25, 0.3) is 0 Å². The van der Waals surface area contributed by atoms with Gasteiger partial charge in [-0.2, -0.15) is 0 Å². The number of aryl methyl sites for hydroxylation is 3. The quantitative estimate of drug-likeness (QED) is 0.907. The summed E-state index contributed by atoms with van der Waals surface area (Å²) in [6, 6.07) is 14.5. The highest BCUT2D eigenvalue weighted by atomic mass is 16.5. The molecule has 0 fully saturated rings. The summed E-state index contributed by atoms with van der Waals surface area (Å²) in [6.45, 7) is 8.21. The van der Waals surface area contributed by atoms with E-state index < -0.39 is 0 Å². The van der Waals surface area contributed by atoms with E-state index >= 15 is 0 Å². The summed E-state index contributed by atoms with van der Waals surface area (Å²) in [6.07, 6.45) is -0.128. The third kappa shape index (κ3) is 3.40. The van der Waals surface area contributed by atoms with Gasteiger partial charge in [-0.15, -0.1) is 0 Å². The van der Waals surface area contributed by atoms with Gasteiger partial charge in [-0.1, -0.05) is 47.5 Å². The van der Waals surface area contributed by atoms with E-state index in [0.29, 0.717) is 0 Å². The maximum atomic E-state index is 6.16. The zero-order valence-corrected chi connectivity index (χ0v) is 12.7. The molecule has 0 amide bonds. The van der Waals surface area contributed by atoms with Crippen LogP contribution in [-0.4, -0.2) is 6.04 Å². The normalized spacial score (nSPS) is 13.8. The van der Waals surface area contributed by atoms with Gasteiger partial charge in [0.05, 0.1) is 0 Å². The van der Waals surface area contributed by atoms with Crippen molar-refractivity contribution in [3.63, 3.8) is 0 Å². The van der Waals surface area contributed by atoms with E-state index in [9.17, 15) is 0 Å². The summed E-state index contributed by atoms with van der Waals surface area (Å²) >= 11 is 0. The fourth-order valence-electron chi connectivity index (χ4n) is 2.30. The Bertz CT molecular complexity index is 572. The molecule has 2 aromatic rings. The van der Waals surface area contributed by atoms with Crippen LogP contribution in [0.4, 0.5) is 0 Å². The van der Waals surface area contributed by atoms with Gasteiger partial charge in [0.15, 0.2) is 0 Å². The molecule has 0 radical (unpaired) electrons. The Morgan fingerprint density at radius 3 is 2.05 bits per heavy atom. The maximum Gasteiger partial charge on any atom is 0.138 e. The number of rotatable bonds is 4. The third-order valence-corrected chi connectivity index (χ3v) is 3.47. The van der Waals surface area contributed by atoms with Crippen LogP contribution in [-0.2, 0) is 0 Å². The monoisotopic (exact) mass is 269 g/mol. The second-order valence-corrected chi connectivity index (χ2v) is 5.58. The Kier molecular flexibility index (Phi) is 4.46. The van der Waals surface area contributed by atoms with Crippen LogP contribution in [0.3, 0.4) is 0 Å². The number of nitrogens with two attached hydrogens (primary N) is 1. The molecule has 0 aliphatic carbocycles. The fourth-order valence-corrected chi connectivity index (χ4v) is 2.30.